The van der Waals surface area contributed by atoms with Crippen LogP contribution in [0.5, 0.6) is 0 Å². The summed E-state index contributed by atoms with van der Waals surface area (Å²) in [7, 11) is 2.05. The summed E-state index contributed by atoms with van der Waals surface area (Å²) in [6, 6.07) is 0.734. The van der Waals surface area contributed by atoms with Crippen LogP contribution in [0.2, 0.25) is 0 Å². The second-order valence-electron chi connectivity index (χ2n) is 11.0. The predicted octanol–water partition coefficient (Wildman–Crippen LogP) is 3.59. The van der Waals surface area contributed by atoms with Crippen LogP contribution in [0, 0.1) is 0 Å². The van der Waals surface area contributed by atoms with Gasteiger partial charge in [0.25, 0.3) is 0 Å². The molecule has 206 valence electrons. The lowest BCUT2D eigenvalue weighted by Crippen LogP contribution is -2.77. The summed E-state index contributed by atoms with van der Waals surface area (Å²) in [4.78, 5) is 0. The van der Waals surface area contributed by atoms with Crippen molar-refractivity contribution in [2.75, 3.05) is 26.7 Å². The van der Waals surface area contributed by atoms with Crippen LogP contribution in [-0.2, 0) is 0 Å². The average molecular weight is 487 g/mol. The Morgan fingerprint density at radius 3 is 1.91 bits per heavy atom. The van der Waals surface area contributed by atoms with E-state index in [0.717, 1.165) is 51.7 Å². The molecule has 0 amide bonds. The lowest BCUT2D eigenvalue weighted by Gasteiger charge is -2.48. The van der Waals surface area contributed by atoms with Gasteiger partial charge in [0.2, 0.25) is 0 Å². The van der Waals surface area contributed by atoms with Gasteiger partial charge in [0.1, 0.15) is 5.79 Å². The minimum absolute atomic E-state index is 0.0780. The Hall–Kier alpha value is -0.320. The number of unbranched alkanes of at least 4 members (excludes halogenated alkanes) is 1. The van der Waals surface area contributed by atoms with Crippen molar-refractivity contribution in [3.63, 3.8) is 0 Å². The molecule has 0 saturated heterocycles. The van der Waals surface area contributed by atoms with Crippen LogP contribution >= 0.6 is 0 Å². The third-order valence-electron chi connectivity index (χ3n) is 5.93. The largest absolute Gasteiger partial charge is 0.288 e. The highest BCUT2D eigenvalue weighted by atomic mass is 15.8. The highest BCUT2D eigenvalue weighted by Gasteiger charge is 2.38. The van der Waals surface area contributed by atoms with Crippen molar-refractivity contribution in [1.82, 2.24) is 42.6 Å². The van der Waals surface area contributed by atoms with Crippen molar-refractivity contribution in [1.29, 1.82) is 0 Å². The topological polar surface area (TPSA) is 87.5 Å². The summed E-state index contributed by atoms with van der Waals surface area (Å²) in [6.45, 7) is 25.0. The lowest BCUT2D eigenvalue weighted by molar-refractivity contribution is -0.0953. The summed E-state index contributed by atoms with van der Waals surface area (Å²) in [5, 5.41) is 21.0. The molecule has 0 rings (SSSR count). The zero-order valence-corrected chi connectivity index (χ0v) is 24.7. The number of nitrogens with one attached hydrogen (secondary N) is 7. The molecule has 0 fully saturated rings. The zero-order chi connectivity index (χ0) is 26.3. The molecule has 0 aliphatic rings. The van der Waals surface area contributed by atoms with Gasteiger partial charge in [0.15, 0.2) is 5.79 Å². The van der Waals surface area contributed by atoms with Crippen LogP contribution in [0.1, 0.15) is 114 Å². The molecular formula is C26H62N8. The molecule has 0 spiro atoms. The van der Waals surface area contributed by atoms with Gasteiger partial charge in [-0.2, -0.15) is 0 Å². The van der Waals surface area contributed by atoms with Gasteiger partial charge < -0.3 is 0 Å². The normalized spacial score (nSPS) is 17.2. The maximum absolute atomic E-state index is 3.84. The maximum Gasteiger partial charge on any atom is 0.152 e. The van der Waals surface area contributed by atoms with Crippen molar-refractivity contribution in [3.05, 3.63) is 0 Å². The van der Waals surface area contributed by atoms with Crippen LogP contribution in [0.25, 0.3) is 0 Å². The average Bonchev–Trinajstić information content (AvgIpc) is 2.75. The Balaban J connectivity index is 5.81. The van der Waals surface area contributed by atoms with Crippen molar-refractivity contribution in [2.45, 2.75) is 143 Å². The molecule has 0 aromatic rings. The fourth-order valence-corrected chi connectivity index (χ4v) is 4.11. The monoisotopic (exact) mass is 487 g/mol. The second-order valence-corrected chi connectivity index (χ2v) is 11.0. The third-order valence-corrected chi connectivity index (χ3v) is 5.93. The highest BCUT2D eigenvalue weighted by molar-refractivity contribution is 4.89. The van der Waals surface area contributed by atoms with Crippen molar-refractivity contribution in [3.8, 4) is 0 Å². The molecule has 0 bridgehead atoms. The lowest BCUT2D eigenvalue weighted by atomic mass is 10.0. The molecule has 8 nitrogen and oxygen atoms in total. The number of hydrogen-bond donors (Lipinski definition) is 7. The molecule has 3 unspecified atom stereocenters. The van der Waals surface area contributed by atoms with Gasteiger partial charge >= 0.3 is 0 Å². The van der Waals surface area contributed by atoms with Gasteiger partial charge in [-0.1, -0.05) is 34.1 Å². The number of rotatable bonds is 21. The Labute approximate surface area is 212 Å². The van der Waals surface area contributed by atoms with Crippen LogP contribution < -0.4 is 37.4 Å². The maximum atomic E-state index is 3.84. The quantitative estimate of drug-likeness (QED) is 0.0753. The summed E-state index contributed by atoms with van der Waals surface area (Å²) in [5.74, 6) is -0.694. The van der Waals surface area contributed by atoms with E-state index < -0.39 is 5.79 Å². The summed E-state index contributed by atoms with van der Waals surface area (Å²) in [5.41, 5.74) is 7.33. The van der Waals surface area contributed by atoms with Crippen LogP contribution in [0.3, 0.4) is 0 Å². The SMILES string of the molecule is CCCCNC(CCCC(NC)(NCC)N(NC(C)CC)NC(C)(C)C)(NCCC)NC(C)C. The van der Waals surface area contributed by atoms with Crippen LogP contribution in [0.15, 0.2) is 0 Å². The van der Waals surface area contributed by atoms with E-state index >= 15 is 0 Å². The molecule has 34 heavy (non-hydrogen) atoms. The first kappa shape index (κ1) is 33.7. The molecule has 7 N–H and O–H groups in total. The minimum Gasteiger partial charge on any atom is -0.288 e. The Bertz CT molecular complexity index is 496. The van der Waals surface area contributed by atoms with Crippen molar-refractivity contribution < 1.29 is 0 Å². The molecule has 0 saturated carbocycles. The van der Waals surface area contributed by atoms with E-state index in [9.17, 15) is 0 Å². The summed E-state index contributed by atoms with van der Waals surface area (Å²) < 4.78 is 0. The molecule has 0 radical (unpaired) electrons. The molecule has 3 atom stereocenters. The van der Waals surface area contributed by atoms with Crippen LogP contribution in [-0.4, -0.2) is 61.0 Å². The predicted molar refractivity (Wildman–Crippen MR) is 149 cm³/mol. The summed E-state index contributed by atoms with van der Waals surface area (Å²) in [6.07, 6.45) is 7.46. The van der Waals surface area contributed by atoms with Gasteiger partial charge in [-0.3, -0.25) is 26.6 Å². The number of nitrogens with zero attached hydrogens (tertiary/aromatic N) is 1. The molecule has 0 aliphatic heterocycles. The van der Waals surface area contributed by atoms with E-state index in [-0.39, 0.29) is 11.3 Å². The van der Waals surface area contributed by atoms with Crippen molar-refractivity contribution in [2.24, 2.45) is 0 Å². The second kappa shape index (κ2) is 17.2. The van der Waals surface area contributed by atoms with Gasteiger partial charge in [-0.05, 0) is 107 Å². The zero-order valence-electron chi connectivity index (χ0n) is 24.7. The number of hydrogen-bond acceptors (Lipinski definition) is 8. The van der Waals surface area contributed by atoms with Gasteiger partial charge in [-0.25, -0.2) is 10.9 Å². The first-order chi connectivity index (χ1) is 15.9. The molecular weight excluding hydrogens is 424 g/mol. The minimum atomic E-state index is -0.427. The standard InChI is InChI=1S/C26H62N8/c1-12-16-21-30-25(29-20-13-2,31-22(5)6)18-17-19-26(27-11,28-15-4)34(32-23(7)14-3)33-24(8,9)10/h22-23,27-33H,12-21H2,1-11H3. The van der Waals surface area contributed by atoms with E-state index in [4.69, 9.17) is 0 Å². The Morgan fingerprint density at radius 2 is 1.44 bits per heavy atom. The van der Waals surface area contributed by atoms with E-state index in [0.29, 0.717) is 12.1 Å². The molecule has 0 aromatic carbocycles. The Kier molecular flexibility index (Phi) is 17.0. The van der Waals surface area contributed by atoms with E-state index in [1.54, 1.807) is 0 Å². The summed E-state index contributed by atoms with van der Waals surface area (Å²) >= 11 is 0. The van der Waals surface area contributed by atoms with E-state index in [1.165, 1.54) is 12.8 Å². The first-order valence-electron chi connectivity index (χ1n) is 14.0. The van der Waals surface area contributed by atoms with Gasteiger partial charge in [0, 0.05) is 17.6 Å². The van der Waals surface area contributed by atoms with Gasteiger partial charge in [0.05, 0.1) is 0 Å². The molecule has 8 heteroatoms. The molecule has 0 aliphatic carbocycles. The fourth-order valence-electron chi connectivity index (χ4n) is 4.11. The van der Waals surface area contributed by atoms with E-state index in [1.807, 2.05) is 7.05 Å². The third kappa shape index (κ3) is 13.1. The Morgan fingerprint density at radius 1 is 0.794 bits per heavy atom. The van der Waals surface area contributed by atoms with Gasteiger partial charge in [-0.15, -0.1) is 5.12 Å². The fraction of sp³-hybridized carbons (Fsp3) is 1.00. The first-order valence-corrected chi connectivity index (χ1v) is 14.0. The van der Waals surface area contributed by atoms with E-state index in [2.05, 4.69) is 112 Å². The molecule has 0 aromatic heterocycles. The van der Waals surface area contributed by atoms with Crippen LogP contribution in [0.4, 0.5) is 0 Å². The molecule has 0 heterocycles. The highest BCUT2D eigenvalue weighted by Crippen LogP contribution is 2.20. The van der Waals surface area contributed by atoms with Crippen molar-refractivity contribution >= 4 is 0 Å². The smallest absolute Gasteiger partial charge is 0.152 e. The number of hydrazine groups is 2.